The summed E-state index contributed by atoms with van der Waals surface area (Å²) in [6.45, 7) is 0. The van der Waals surface area contributed by atoms with Gasteiger partial charge in [-0.15, -0.1) is 0 Å². The van der Waals surface area contributed by atoms with E-state index in [-0.39, 0.29) is 18.3 Å². The van der Waals surface area contributed by atoms with Crippen molar-refractivity contribution in [3.8, 4) is 0 Å². The van der Waals surface area contributed by atoms with Gasteiger partial charge < -0.3 is 25.6 Å². The maximum absolute atomic E-state index is 11.7. The van der Waals surface area contributed by atoms with Crippen molar-refractivity contribution in [2.45, 2.75) is 89.3 Å². The highest BCUT2D eigenvalue weighted by Gasteiger charge is 2.15. The van der Waals surface area contributed by atoms with E-state index in [0.29, 0.717) is 43.5 Å². The average molecular weight is 588 g/mol. The number of para-hydroxylation sites is 2. The third kappa shape index (κ3) is 17.8. The summed E-state index contributed by atoms with van der Waals surface area (Å²) in [6, 6.07) is 18.0. The minimum absolute atomic E-state index is 0.197. The lowest BCUT2D eigenvalue weighted by Gasteiger charge is -2.11. The van der Waals surface area contributed by atoms with Gasteiger partial charge in [-0.05, 0) is 49.9 Å². The number of unbranched alkanes of at least 4 members (excludes halogenated alkanes) is 6. The fourth-order valence-corrected chi connectivity index (χ4v) is 3.85. The van der Waals surface area contributed by atoms with E-state index in [9.17, 15) is 29.4 Å². The molecule has 3 amide bonds. The number of aliphatic hydroxyl groups is 2. The molecule has 0 saturated carbocycles. The van der Waals surface area contributed by atoms with Crippen molar-refractivity contribution in [1.29, 1.82) is 0 Å². The number of amides is 3. The molecule has 11 heteroatoms. The van der Waals surface area contributed by atoms with E-state index < -0.39 is 24.0 Å². The van der Waals surface area contributed by atoms with Gasteiger partial charge in [0, 0.05) is 24.2 Å². The molecule has 0 saturated heterocycles. The van der Waals surface area contributed by atoms with Crippen molar-refractivity contribution >= 4 is 35.1 Å². The predicted octanol–water partition coefficient (Wildman–Crippen LogP) is 4.33. The molecule has 42 heavy (non-hydrogen) atoms. The first-order valence-electron chi connectivity index (χ1n) is 14.3. The van der Waals surface area contributed by atoms with Crippen LogP contribution in [-0.4, -0.2) is 58.4 Å². The smallest absolute Gasteiger partial charge is 0.305 e. The number of carbonyl (C=O) groups is 4. The molecule has 0 spiro atoms. The summed E-state index contributed by atoms with van der Waals surface area (Å²) in [5.41, 5.74) is 2.92. The molecule has 0 aliphatic carbocycles. The van der Waals surface area contributed by atoms with Gasteiger partial charge in [0.1, 0.15) is 12.2 Å². The van der Waals surface area contributed by atoms with Crippen molar-refractivity contribution in [2.75, 3.05) is 17.7 Å². The Morgan fingerprint density at radius 2 is 1.05 bits per heavy atom. The number of carbonyl (C=O) groups excluding carboxylic acids is 4. The van der Waals surface area contributed by atoms with Crippen LogP contribution in [-0.2, 0) is 23.9 Å². The first-order chi connectivity index (χ1) is 20.3. The molecular formula is C31H45N3O8. The van der Waals surface area contributed by atoms with Crippen molar-refractivity contribution in [3.63, 3.8) is 0 Å². The zero-order valence-electron chi connectivity index (χ0n) is 24.3. The molecule has 11 nitrogen and oxygen atoms in total. The molecule has 2 aromatic rings. The lowest BCUT2D eigenvalue weighted by atomic mass is 10.1. The van der Waals surface area contributed by atoms with Gasteiger partial charge in [-0.1, -0.05) is 74.9 Å². The molecule has 0 bridgehead atoms. The van der Waals surface area contributed by atoms with Gasteiger partial charge in [-0.3, -0.25) is 24.4 Å². The molecule has 0 aliphatic rings. The van der Waals surface area contributed by atoms with Gasteiger partial charge in [0.15, 0.2) is 0 Å². The maximum Gasteiger partial charge on any atom is 0.305 e. The summed E-state index contributed by atoms with van der Waals surface area (Å²) >= 11 is 0. The van der Waals surface area contributed by atoms with Crippen LogP contribution in [0, 0.1) is 0 Å². The van der Waals surface area contributed by atoms with Crippen molar-refractivity contribution < 1.29 is 39.3 Å². The molecule has 2 rings (SSSR count). The largest absolute Gasteiger partial charge is 0.469 e. The summed E-state index contributed by atoms with van der Waals surface area (Å²) in [5, 5.41) is 33.2. The molecule has 0 heterocycles. The Morgan fingerprint density at radius 1 is 0.643 bits per heavy atom. The van der Waals surface area contributed by atoms with Crippen LogP contribution in [0.15, 0.2) is 60.7 Å². The number of nitrogens with one attached hydrogen (secondary N) is 3. The number of methoxy groups -OCH3 is 1. The molecule has 0 aromatic heterocycles. The normalized spacial score (nSPS) is 11.7. The Bertz CT molecular complexity index is 953. The molecule has 2 unspecified atom stereocenters. The van der Waals surface area contributed by atoms with E-state index in [4.69, 9.17) is 5.21 Å². The Hall–Kier alpha value is -3.80. The van der Waals surface area contributed by atoms with E-state index in [1.54, 1.807) is 29.7 Å². The molecule has 2 atom stereocenters. The summed E-state index contributed by atoms with van der Waals surface area (Å²) in [4.78, 5) is 45.1. The van der Waals surface area contributed by atoms with Gasteiger partial charge in [0.25, 0.3) is 11.8 Å². The molecular weight excluding hydrogens is 542 g/mol. The van der Waals surface area contributed by atoms with Crippen LogP contribution < -0.4 is 16.1 Å². The molecule has 0 radical (unpaired) electrons. The van der Waals surface area contributed by atoms with Crippen LogP contribution in [0.1, 0.15) is 77.0 Å². The first kappa shape index (κ1) is 36.2. The zero-order chi connectivity index (χ0) is 31.0. The Morgan fingerprint density at radius 3 is 1.45 bits per heavy atom. The van der Waals surface area contributed by atoms with Crippen LogP contribution in [0.3, 0.4) is 0 Å². The van der Waals surface area contributed by atoms with E-state index in [1.165, 1.54) is 7.11 Å². The number of hydrogen-bond donors (Lipinski definition) is 6. The maximum atomic E-state index is 11.7. The third-order valence-electron chi connectivity index (χ3n) is 6.28. The van der Waals surface area contributed by atoms with E-state index in [2.05, 4.69) is 15.4 Å². The van der Waals surface area contributed by atoms with E-state index in [1.807, 2.05) is 36.4 Å². The second kappa shape index (κ2) is 22.8. The zero-order valence-corrected chi connectivity index (χ0v) is 24.3. The van der Waals surface area contributed by atoms with Crippen molar-refractivity contribution in [1.82, 2.24) is 5.48 Å². The van der Waals surface area contributed by atoms with Gasteiger partial charge in [-0.25, -0.2) is 5.48 Å². The molecule has 6 N–H and O–H groups in total. The van der Waals surface area contributed by atoms with Crippen LogP contribution in [0.25, 0.3) is 0 Å². The number of hydrogen-bond acceptors (Lipinski definition) is 8. The number of benzene rings is 2. The molecule has 2 aromatic carbocycles. The first-order valence-corrected chi connectivity index (χ1v) is 14.3. The number of rotatable bonds is 18. The minimum atomic E-state index is -1.02. The quantitative estimate of drug-likeness (QED) is 0.0647. The van der Waals surface area contributed by atoms with Crippen molar-refractivity contribution in [3.05, 3.63) is 60.7 Å². The highest BCUT2D eigenvalue weighted by atomic mass is 16.5. The number of anilines is 2. The Kier molecular flexibility index (Phi) is 19.7. The van der Waals surface area contributed by atoms with E-state index in [0.717, 1.165) is 38.5 Å². The van der Waals surface area contributed by atoms with E-state index >= 15 is 0 Å². The molecule has 0 fully saturated rings. The SMILES string of the molecule is COC(=O)CCCCCCC(O)C(=O)Nc1ccccc1.O=C(CCCCCCC(O)C(=O)Nc1ccccc1)NO. The van der Waals surface area contributed by atoms with Crippen molar-refractivity contribution in [2.24, 2.45) is 0 Å². The predicted molar refractivity (Wildman–Crippen MR) is 160 cm³/mol. The second-order valence-corrected chi connectivity index (χ2v) is 9.76. The highest BCUT2D eigenvalue weighted by Crippen LogP contribution is 2.12. The van der Waals surface area contributed by atoms with Crippen LogP contribution in [0.4, 0.5) is 11.4 Å². The standard InChI is InChI=1S/C16H23NO4.C15H22N2O4/c1-21-15(19)12-8-3-2-7-11-14(18)16(20)17-13-9-5-4-6-10-13;18-13(10-6-1-2-7-11-14(19)17-21)15(20)16-12-8-4-3-5-9-12/h4-6,9-10,14,18H,2-3,7-8,11-12H2,1H3,(H,17,20);3-5,8-9,13,18,21H,1-2,6-7,10-11H2,(H,16,20)(H,17,19). The monoisotopic (exact) mass is 587 g/mol. The van der Waals surface area contributed by atoms with Crippen LogP contribution in [0.2, 0.25) is 0 Å². The fourth-order valence-electron chi connectivity index (χ4n) is 3.85. The van der Waals surface area contributed by atoms with Gasteiger partial charge in [0.2, 0.25) is 5.91 Å². The van der Waals surface area contributed by atoms with Gasteiger partial charge in [-0.2, -0.15) is 0 Å². The lowest BCUT2D eigenvalue weighted by molar-refractivity contribution is -0.140. The second-order valence-electron chi connectivity index (χ2n) is 9.76. The van der Waals surface area contributed by atoms with Crippen LogP contribution in [0.5, 0.6) is 0 Å². The number of esters is 1. The highest BCUT2D eigenvalue weighted by molar-refractivity contribution is 5.94. The Labute approximate surface area is 247 Å². The minimum Gasteiger partial charge on any atom is -0.469 e. The fraction of sp³-hybridized carbons (Fsp3) is 0.484. The number of hydroxylamine groups is 1. The summed E-state index contributed by atoms with van der Waals surface area (Å²) in [6.07, 6.45) is 5.86. The summed E-state index contributed by atoms with van der Waals surface area (Å²) < 4.78 is 4.55. The molecule has 0 aliphatic heterocycles. The number of aliphatic hydroxyl groups excluding tert-OH is 2. The van der Waals surface area contributed by atoms with Gasteiger partial charge in [0.05, 0.1) is 7.11 Å². The Balaban J connectivity index is 0.000000420. The average Bonchev–Trinajstić information content (AvgIpc) is 3.01. The van der Waals surface area contributed by atoms with Gasteiger partial charge >= 0.3 is 5.97 Å². The lowest BCUT2D eigenvalue weighted by Crippen LogP contribution is -2.27. The third-order valence-corrected chi connectivity index (χ3v) is 6.28. The molecule has 232 valence electrons. The summed E-state index contributed by atoms with van der Waals surface area (Å²) in [5.74, 6) is -1.37. The summed E-state index contributed by atoms with van der Waals surface area (Å²) in [7, 11) is 1.38. The topological polar surface area (TPSA) is 174 Å². The van der Waals surface area contributed by atoms with Crippen LogP contribution >= 0.6 is 0 Å². The number of ether oxygens (including phenoxy) is 1.